The minimum absolute atomic E-state index is 0.0349. The molecule has 0 unspecified atom stereocenters. The second-order valence-corrected chi connectivity index (χ2v) is 30.2. The third-order valence-corrected chi connectivity index (χ3v) is 13.3. The van der Waals surface area contributed by atoms with Crippen LogP contribution in [0.3, 0.4) is 0 Å². The molecule has 0 aliphatic heterocycles. The van der Waals surface area contributed by atoms with Gasteiger partial charge in [0, 0.05) is 80.8 Å². The van der Waals surface area contributed by atoms with Crippen LogP contribution in [0.4, 0.5) is 0 Å². The van der Waals surface area contributed by atoms with Crippen LogP contribution in [-0.4, -0.2) is 54.8 Å². The summed E-state index contributed by atoms with van der Waals surface area (Å²) in [5, 5.41) is 0. The summed E-state index contributed by atoms with van der Waals surface area (Å²) in [6, 6.07) is 29.5. The monoisotopic (exact) mass is 1260 g/mol. The quantitative estimate of drug-likeness (QED) is 0.134. The van der Waals surface area contributed by atoms with Crippen molar-refractivity contribution in [2.75, 3.05) is 0 Å². The van der Waals surface area contributed by atoms with Crippen LogP contribution in [0, 0.1) is 87.9 Å². The Labute approximate surface area is 568 Å². The number of hydrogen-bond donors (Lipinski definition) is 0. The van der Waals surface area contributed by atoms with Crippen LogP contribution in [0.1, 0.15) is 257 Å². The molecule has 0 saturated heterocycles. The van der Waals surface area contributed by atoms with Crippen molar-refractivity contribution in [2.45, 2.75) is 223 Å². The van der Waals surface area contributed by atoms with Crippen molar-refractivity contribution in [3.63, 3.8) is 0 Å². The van der Waals surface area contributed by atoms with E-state index < -0.39 is 0 Å². The van der Waals surface area contributed by atoms with Gasteiger partial charge in [0.05, 0.1) is 11.4 Å². The van der Waals surface area contributed by atoms with E-state index in [1.165, 1.54) is 17.5 Å². The Kier molecular flexibility index (Phi) is 32.0. The van der Waals surface area contributed by atoms with Crippen LogP contribution in [0.15, 0.2) is 128 Å². The fourth-order valence-corrected chi connectivity index (χ4v) is 7.76. The van der Waals surface area contributed by atoms with E-state index in [1.54, 1.807) is 30.9 Å². The van der Waals surface area contributed by atoms with Gasteiger partial charge in [0.2, 0.25) is 5.82 Å². The Morgan fingerprint density at radius 2 is 0.766 bits per heavy atom. The van der Waals surface area contributed by atoms with E-state index in [1.807, 2.05) is 79.9 Å². The maximum atomic E-state index is 5.33. The number of nitrogens with zero attached hydrogens (tertiary/aromatic N) is 11. The summed E-state index contributed by atoms with van der Waals surface area (Å²) in [6.45, 7) is 55.2. The Morgan fingerprint density at radius 3 is 1.20 bits per heavy atom. The van der Waals surface area contributed by atoms with Crippen LogP contribution in [0.5, 0.6) is 0 Å². The van der Waals surface area contributed by atoms with Crippen molar-refractivity contribution in [3.8, 4) is 74.1 Å². The molecule has 0 radical (unpaired) electrons. The molecular formula is C83H105N11. The smallest absolute Gasteiger partial charge is 0.204 e. The highest BCUT2D eigenvalue weighted by Gasteiger charge is 2.21. The Morgan fingerprint density at radius 1 is 0.298 bits per heavy atom. The van der Waals surface area contributed by atoms with Gasteiger partial charge in [0.25, 0.3) is 0 Å². The van der Waals surface area contributed by atoms with Crippen molar-refractivity contribution in [3.05, 3.63) is 219 Å². The molecule has 8 heterocycles. The van der Waals surface area contributed by atoms with Crippen LogP contribution in [0.25, 0.3) is 0 Å². The molecule has 0 saturated carbocycles. The second-order valence-electron chi connectivity index (χ2n) is 30.2. The topological polar surface area (TPSA) is 142 Å². The summed E-state index contributed by atoms with van der Waals surface area (Å²) in [7, 11) is 0. The molecule has 0 bridgehead atoms. The highest BCUT2D eigenvalue weighted by molar-refractivity contribution is 5.38. The minimum atomic E-state index is -0.0349. The summed E-state index contributed by atoms with van der Waals surface area (Å²) < 4.78 is 0. The highest BCUT2D eigenvalue weighted by atomic mass is 14.9. The van der Waals surface area contributed by atoms with E-state index in [0.717, 1.165) is 51.2 Å². The van der Waals surface area contributed by atoms with E-state index in [-0.39, 0.29) is 43.3 Å². The maximum Gasteiger partial charge on any atom is 0.204 e. The molecule has 492 valence electrons. The normalized spacial score (nSPS) is 11.0. The van der Waals surface area contributed by atoms with Gasteiger partial charge in [0.1, 0.15) is 40.6 Å². The average Bonchev–Trinajstić information content (AvgIpc) is 0.925. The molecule has 0 fully saturated rings. The zero-order valence-corrected chi connectivity index (χ0v) is 61.5. The zero-order chi connectivity index (χ0) is 72.1. The number of pyridine rings is 5. The van der Waals surface area contributed by atoms with Crippen LogP contribution in [0.2, 0.25) is 0 Å². The third kappa shape index (κ3) is 31.1. The van der Waals surface area contributed by atoms with Gasteiger partial charge in [-0.25, -0.2) is 44.9 Å². The van der Waals surface area contributed by atoms with E-state index in [2.05, 4.69) is 282 Å². The third-order valence-electron chi connectivity index (χ3n) is 13.3. The summed E-state index contributed by atoms with van der Waals surface area (Å²) in [5.41, 5.74) is 14.3. The first-order valence-electron chi connectivity index (χ1n) is 31.3. The maximum absolute atomic E-state index is 5.33. The number of hydrogen-bond acceptors (Lipinski definition) is 11. The molecule has 0 aliphatic rings. The lowest BCUT2D eigenvalue weighted by Gasteiger charge is -2.20. The molecule has 0 aliphatic carbocycles. The van der Waals surface area contributed by atoms with E-state index in [4.69, 9.17) is 38.5 Å². The van der Waals surface area contributed by atoms with Gasteiger partial charge in [-0.15, -0.1) is 38.5 Å². The first kappa shape index (κ1) is 82.4. The van der Waals surface area contributed by atoms with E-state index in [0.29, 0.717) is 28.6 Å². The van der Waals surface area contributed by atoms with Crippen molar-refractivity contribution < 1.29 is 0 Å². The molecule has 0 aromatic carbocycles. The van der Waals surface area contributed by atoms with Crippen LogP contribution < -0.4 is 0 Å². The zero-order valence-electron chi connectivity index (χ0n) is 61.5. The molecule has 0 N–H and O–H groups in total. The number of rotatable bonds is 0. The van der Waals surface area contributed by atoms with E-state index >= 15 is 0 Å². The lowest BCUT2D eigenvalue weighted by molar-refractivity contribution is 0.544. The van der Waals surface area contributed by atoms with Gasteiger partial charge in [-0.3, -0.25) is 9.97 Å². The molecule has 0 spiro atoms. The second kappa shape index (κ2) is 36.6. The lowest BCUT2D eigenvalue weighted by atomic mass is 9.86. The SMILES string of the molecule is C#Cc1cc(C(C)(C)C)ccn1.C#Cc1cc(C(C)(C)C)ncn1.C#Cc1cccc(C(C)(C)C)n1.C#Cc1ccnc(C(C)(C)C)n1.C#Cc1nccc(C(C)(C)C)n1.C#Cc1ncccc1C(C)(C)C.Cc1cccc(C(C)(C)C)n1.Cc1ncccc1C(C)(C)C. The van der Waals surface area contributed by atoms with Gasteiger partial charge < -0.3 is 0 Å². The molecule has 11 nitrogen and oxygen atoms in total. The number of aryl methyl sites for hydroxylation is 2. The van der Waals surface area contributed by atoms with Crippen molar-refractivity contribution in [1.29, 1.82) is 0 Å². The van der Waals surface area contributed by atoms with Crippen molar-refractivity contribution in [2.24, 2.45) is 0 Å². The van der Waals surface area contributed by atoms with Gasteiger partial charge >= 0.3 is 0 Å². The Balaban J connectivity index is 0.000000537. The summed E-state index contributed by atoms with van der Waals surface area (Å²) in [5.74, 6) is 16.3. The molecule has 0 amide bonds. The summed E-state index contributed by atoms with van der Waals surface area (Å²) in [6.07, 6.45) is 41.7. The summed E-state index contributed by atoms with van der Waals surface area (Å²) >= 11 is 0. The number of aromatic nitrogens is 11. The van der Waals surface area contributed by atoms with Gasteiger partial charge in [0.15, 0.2) is 0 Å². The Hall–Kier alpha value is -9.65. The molecule has 8 aromatic heterocycles. The predicted molar refractivity (Wildman–Crippen MR) is 394 cm³/mol. The summed E-state index contributed by atoms with van der Waals surface area (Å²) in [4.78, 5) is 45.8. The fourth-order valence-electron chi connectivity index (χ4n) is 7.76. The molecule has 94 heavy (non-hydrogen) atoms. The number of terminal acetylenes is 6. The molecular weight excluding hydrogens is 1150 g/mol. The van der Waals surface area contributed by atoms with Gasteiger partial charge in [-0.1, -0.05) is 214 Å². The van der Waals surface area contributed by atoms with Crippen LogP contribution in [-0.2, 0) is 43.3 Å². The Bertz CT molecular complexity index is 3530. The van der Waals surface area contributed by atoms with Crippen LogP contribution >= 0.6 is 0 Å². The standard InChI is InChI=1S/3C11H13N.3C10H12N2.2C10H15N/c1-5-10-8-9(6-7-12-10)11(2,3)4;1-5-10-9(11(2,3)4)7-6-8-12-10;1-5-9-7-6-8-10(12-9)11(2,3)4;1-5-8-6-9(10(2,3)4)12-7-11-8;1-5-9-11-7-6-8(12-9)10(2,3)4;1-5-8-6-7-11-9(12-8)10(2,3)4;1-8-9(10(2,3)4)6-5-7-11-8;1-8-6-5-7-9(11-8)10(2,3)4/h3*1,6-8H,2-4H3;3*1,6-7H,2-4H3;2*5-7H,1-4H3. The van der Waals surface area contributed by atoms with Gasteiger partial charge in [-0.2, -0.15) is 0 Å². The van der Waals surface area contributed by atoms with Crippen molar-refractivity contribution >= 4 is 0 Å². The average molecular weight is 1260 g/mol. The largest absolute Gasteiger partial charge is 0.261 e. The van der Waals surface area contributed by atoms with E-state index in [9.17, 15) is 0 Å². The lowest BCUT2D eigenvalue weighted by Crippen LogP contribution is -2.16. The predicted octanol–water partition coefficient (Wildman–Crippen LogP) is 17.7. The molecule has 8 aromatic rings. The first-order chi connectivity index (χ1) is 43.3. The van der Waals surface area contributed by atoms with Gasteiger partial charge in [-0.05, 0) is 125 Å². The highest BCUT2D eigenvalue weighted by Crippen LogP contribution is 2.27. The first-order valence-corrected chi connectivity index (χ1v) is 31.3. The molecule has 8 rings (SSSR count). The minimum Gasteiger partial charge on any atom is -0.261 e. The molecule has 0 atom stereocenters. The molecule has 11 heteroatoms. The fraction of sp³-hybridized carbons (Fsp3) is 0.410. The van der Waals surface area contributed by atoms with Crippen molar-refractivity contribution in [1.82, 2.24) is 54.8 Å².